The molecule has 5 bridgehead atoms. The lowest BCUT2D eigenvalue weighted by atomic mass is 9.78. The van der Waals surface area contributed by atoms with Gasteiger partial charge in [-0.25, -0.2) is 0 Å². The molecule has 59 heavy (non-hydrogen) atoms. The molecule has 0 aromatic heterocycles. The van der Waals surface area contributed by atoms with Gasteiger partial charge in [-0.05, 0) is 32.8 Å². The fraction of sp³-hybridized carbons (Fsp3) is 0.535. The smallest absolute Gasteiger partial charge is 0.312 e. The van der Waals surface area contributed by atoms with Crippen molar-refractivity contribution in [3.63, 3.8) is 0 Å². The molecule has 4 aliphatic heterocycles. The Kier molecular flexibility index (Phi) is 13.3. The van der Waals surface area contributed by atoms with Crippen LogP contribution in [0.1, 0.15) is 77.2 Å². The summed E-state index contributed by atoms with van der Waals surface area (Å²) in [5, 5.41) is 60.8. The van der Waals surface area contributed by atoms with Crippen molar-refractivity contribution in [3.05, 3.63) is 47.3 Å². The van der Waals surface area contributed by atoms with Crippen molar-refractivity contribution in [2.45, 2.75) is 98.4 Å². The molecular formula is C43H57N3O13. The Balaban J connectivity index is 1.72. The standard InChI is InChI=1S/C43H57N3O13/c1-19-11-10-12-20(2)42(55)45-31-32(46-16-13-26(14-17-46)41(44)54)37(52)28-29(36(31)51)35(50)24(6)39-30(28)40(53)43(8,59-39)57-18-15-27(56-9)21(3)38(58-25(7)47)23(5)34(49)22(4)33(19)48/h10-12,15,18-19,21-23,26-27,33-34,38,48-52H,13-14,16-17H2,1-9H3,(H2,44,54)(H,45,55)/b11-10-,18-15?,20-12-/t19-,21+,22+,23+,27-,33-,34+,38+,43-/m0/s1. The van der Waals surface area contributed by atoms with Gasteiger partial charge in [-0.15, -0.1) is 0 Å². The number of fused-ring (bicyclic) bond motifs is 14. The van der Waals surface area contributed by atoms with Crippen molar-refractivity contribution in [1.82, 2.24) is 0 Å². The summed E-state index contributed by atoms with van der Waals surface area (Å²) < 4.78 is 23.6. The van der Waals surface area contributed by atoms with E-state index in [2.05, 4.69) is 5.32 Å². The minimum Gasteiger partial charge on any atom is -0.507 e. The molecule has 0 unspecified atom stereocenters. The third-order valence-corrected chi connectivity index (χ3v) is 12.2. The van der Waals surface area contributed by atoms with Crippen LogP contribution in [0.25, 0.3) is 10.8 Å². The summed E-state index contributed by atoms with van der Waals surface area (Å²) in [6.07, 6.45) is 4.04. The Morgan fingerprint density at radius 2 is 1.58 bits per heavy atom. The number of esters is 1. The number of aromatic hydroxyl groups is 3. The molecule has 4 aliphatic rings. The molecule has 0 radical (unpaired) electrons. The highest BCUT2D eigenvalue weighted by Crippen LogP contribution is 2.58. The number of phenols is 3. The average molecular weight is 824 g/mol. The van der Waals surface area contributed by atoms with Gasteiger partial charge in [0.1, 0.15) is 34.7 Å². The highest BCUT2D eigenvalue weighted by molar-refractivity contribution is 6.23. The number of nitrogens with one attached hydrogen (secondary N) is 1. The number of ketones is 1. The molecule has 16 heteroatoms. The van der Waals surface area contributed by atoms with Crippen molar-refractivity contribution < 1.29 is 63.7 Å². The number of nitrogens with two attached hydrogens (primary N) is 1. The number of benzene rings is 2. The number of hydrogen-bond acceptors (Lipinski definition) is 14. The molecule has 8 N–H and O–H groups in total. The number of methoxy groups -OCH3 is 1. The first kappa shape index (κ1) is 44.8. The van der Waals surface area contributed by atoms with Crippen LogP contribution in [0, 0.1) is 36.5 Å². The maximum absolute atomic E-state index is 14.5. The number of nitrogens with zero attached hydrogens (tertiary/aromatic N) is 1. The zero-order valence-corrected chi connectivity index (χ0v) is 34.9. The molecule has 0 spiro atoms. The van der Waals surface area contributed by atoms with Crippen LogP contribution in [-0.2, 0) is 28.6 Å². The second-order valence-corrected chi connectivity index (χ2v) is 16.2. The number of anilines is 2. The molecule has 2 aromatic carbocycles. The van der Waals surface area contributed by atoms with E-state index in [1.165, 1.54) is 53.2 Å². The Bertz CT molecular complexity index is 2090. The SMILES string of the molecule is CO[C@H]1C=CO[C@@]2(C)Oc3c(C)c(O)c4c(O)c(c(N5CCC(C(N)=O)CC5)c(O)c4c3C2=O)NC(=O)/C(C)=C\C=C/[C@H](C)[C@H](O)[C@@H](C)[C@@H](O)[C@@H](C)[C@H](OC(C)=O)[C@@H]1C. The molecule has 2 aromatic rings. The number of carbonyl (C=O) groups excluding carboxylic acids is 4. The van der Waals surface area contributed by atoms with E-state index in [1.54, 1.807) is 44.7 Å². The summed E-state index contributed by atoms with van der Waals surface area (Å²) in [7, 11) is 1.43. The number of Topliss-reactive ketones (excluding diaryl/α,β-unsaturated/α-hetero) is 1. The van der Waals surface area contributed by atoms with Crippen LogP contribution in [0.5, 0.6) is 23.0 Å². The number of aliphatic hydroxyl groups is 2. The summed E-state index contributed by atoms with van der Waals surface area (Å²) in [5.74, 6) is -9.42. The number of aliphatic hydroxyl groups excluding tert-OH is 2. The van der Waals surface area contributed by atoms with E-state index in [1.807, 2.05) is 0 Å². The fourth-order valence-corrected chi connectivity index (χ4v) is 8.40. The molecule has 0 saturated carbocycles. The molecule has 1 fully saturated rings. The van der Waals surface area contributed by atoms with Crippen molar-refractivity contribution >= 4 is 45.7 Å². The van der Waals surface area contributed by atoms with Gasteiger partial charge in [-0.3, -0.25) is 19.2 Å². The number of rotatable bonds is 4. The van der Waals surface area contributed by atoms with Crippen LogP contribution in [-0.4, -0.2) is 99.5 Å². The van der Waals surface area contributed by atoms with Crippen LogP contribution in [0.15, 0.2) is 36.1 Å². The Hall–Kier alpha value is -5.32. The third-order valence-electron chi connectivity index (χ3n) is 12.2. The number of amides is 2. The van der Waals surface area contributed by atoms with Crippen molar-refractivity contribution in [2.75, 3.05) is 30.4 Å². The summed E-state index contributed by atoms with van der Waals surface area (Å²) in [4.78, 5) is 54.3. The fourth-order valence-electron chi connectivity index (χ4n) is 8.40. The van der Waals surface area contributed by atoms with E-state index in [0.717, 1.165) is 0 Å². The number of ether oxygens (including phenoxy) is 4. The second kappa shape index (κ2) is 17.5. The van der Waals surface area contributed by atoms with Crippen molar-refractivity contribution in [2.24, 2.45) is 35.3 Å². The number of hydrogen-bond donors (Lipinski definition) is 7. The first-order valence-electron chi connectivity index (χ1n) is 19.8. The maximum atomic E-state index is 14.5. The highest BCUT2D eigenvalue weighted by atomic mass is 16.7. The van der Waals surface area contributed by atoms with Gasteiger partial charge < -0.3 is 60.4 Å². The number of phenolic OH excluding ortho intramolecular Hbond substituents is 3. The monoisotopic (exact) mass is 823 g/mol. The number of carbonyl (C=O) groups is 4. The highest BCUT2D eigenvalue weighted by Gasteiger charge is 2.50. The van der Waals surface area contributed by atoms with Crippen LogP contribution in [0.2, 0.25) is 0 Å². The Morgan fingerprint density at radius 1 is 0.932 bits per heavy atom. The van der Waals surface area contributed by atoms with Gasteiger partial charge in [-0.2, -0.15) is 0 Å². The molecule has 9 atom stereocenters. The van der Waals surface area contributed by atoms with E-state index >= 15 is 0 Å². The number of piperidine rings is 1. The van der Waals surface area contributed by atoms with Gasteiger partial charge >= 0.3 is 11.8 Å². The minimum atomic E-state index is -2.06. The first-order chi connectivity index (χ1) is 27.7. The van der Waals surface area contributed by atoms with Gasteiger partial charge in [0.15, 0.2) is 5.75 Å². The van der Waals surface area contributed by atoms with Crippen molar-refractivity contribution in [3.8, 4) is 23.0 Å². The van der Waals surface area contributed by atoms with Gasteiger partial charge in [0.05, 0.1) is 35.5 Å². The lowest BCUT2D eigenvalue weighted by molar-refractivity contribution is -0.160. The van der Waals surface area contributed by atoms with Crippen molar-refractivity contribution in [1.29, 1.82) is 0 Å². The summed E-state index contributed by atoms with van der Waals surface area (Å²) >= 11 is 0. The zero-order chi connectivity index (χ0) is 43.8. The first-order valence-corrected chi connectivity index (χ1v) is 19.8. The largest absolute Gasteiger partial charge is 0.507 e. The van der Waals surface area contributed by atoms with E-state index in [9.17, 15) is 44.7 Å². The normalized spacial score (nSPS) is 31.3. The Labute approximate surface area is 343 Å². The van der Waals surface area contributed by atoms with Gasteiger partial charge in [0.2, 0.25) is 5.91 Å². The third kappa shape index (κ3) is 8.43. The molecule has 16 nitrogen and oxygen atoms in total. The molecule has 1 saturated heterocycles. The number of primary amides is 1. The summed E-state index contributed by atoms with van der Waals surface area (Å²) in [5.41, 5.74) is 5.28. The zero-order valence-electron chi connectivity index (χ0n) is 34.9. The maximum Gasteiger partial charge on any atom is 0.312 e. The van der Waals surface area contributed by atoms with Gasteiger partial charge in [-0.1, -0.05) is 45.9 Å². The van der Waals surface area contributed by atoms with E-state index in [4.69, 9.17) is 24.7 Å². The second-order valence-electron chi connectivity index (χ2n) is 16.2. The summed E-state index contributed by atoms with van der Waals surface area (Å²) in [6, 6.07) is 0. The van der Waals surface area contributed by atoms with Crippen LogP contribution in [0.3, 0.4) is 0 Å². The van der Waals surface area contributed by atoms with Crippen LogP contribution < -0.4 is 20.7 Å². The lowest BCUT2D eigenvalue weighted by Gasteiger charge is -2.38. The quantitative estimate of drug-likeness (QED) is 0.128. The molecule has 2 amide bonds. The predicted octanol–water partition coefficient (Wildman–Crippen LogP) is 4.46. The molecular weight excluding hydrogens is 766 g/mol. The average Bonchev–Trinajstić information content (AvgIpc) is 3.46. The van der Waals surface area contributed by atoms with E-state index in [0.29, 0.717) is 12.8 Å². The number of allylic oxidation sites excluding steroid dienone is 2. The van der Waals surface area contributed by atoms with E-state index < -0.39 is 101 Å². The minimum absolute atomic E-state index is 0.0385. The molecule has 6 rings (SSSR count). The van der Waals surface area contributed by atoms with Crippen LogP contribution >= 0.6 is 0 Å². The lowest BCUT2D eigenvalue weighted by Crippen LogP contribution is -2.46. The molecule has 0 aliphatic carbocycles. The predicted molar refractivity (Wildman–Crippen MR) is 218 cm³/mol. The topological polar surface area (TPSA) is 248 Å². The van der Waals surface area contributed by atoms with Gasteiger partial charge in [0, 0.05) is 80.2 Å². The summed E-state index contributed by atoms with van der Waals surface area (Å²) in [6.45, 7) is 12.8. The Morgan fingerprint density at radius 3 is 2.17 bits per heavy atom. The van der Waals surface area contributed by atoms with Gasteiger partial charge in [0.25, 0.3) is 11.7 Å². The van der Waals surface area contributed by atoms with Crippen LogP contribution in [0.4, 0.5) is 11.4 Å². The van der Waals surface area contributed by atoms with E-state index in [-0.39, 0.29) is 57.7 Å². The molecule has 4 heterocycles. The molecule has 322 valence electrons.